The lowest BCUT2D eigenvalue weighted by Gasteiger charge is -2.19. The number of hydrogen-bond donors (Lipinski definition) is 0. The van der Waals surface area contributed by atoms with Crippen molar-refractivity contribution in [3.8, 4) is 0 Å². The normalized spacial score (nSPS) is 11.3. The van der Waals surface area contributed by atoms with Crippen molar-refractivity contribution in [2.75, 3.05) is 13.2 Å². The molecule has 0 saturated carbocycles. The van der Waals surface area contributed by atoms with Crippen LogP contribution in [0.15, 0.2) is 47.4 Å². The largest absolute Gasteiger partial charge is 0.542 e. The minimum atomic E-state index is -3.71. The van der Waals surface area contributed by atoms with Crippen molar-refractivity contribution < 1.29 is 17.9 Å². The standard InChI is InChI=1S/C15H11I3NO4S/c16-10-8-12(14(18)13(17)9-10)15(20)23-7-6-19-24(21,22)11-4-2-1-3-5-11/h1-5,8-9H,6-7H2/q-1. The van der Waals surface area contributed by atoms with Crippen molar-refractivity contribution >= 4 is 83.8 Å². The molecule has 0 aliphatic heterocycles. The van der Waals surface area contributed by atoms with Gasteiger partial charge in [0.1, 0.15) is 10.0 Å². The second-order valence-corrected chi connectivity index (χ2v) is 9.69. The van der Waals surface area contributed by atoms with Gasteiger partial charge in [-0.25, -0.2) is 13.2 Å². The van der Waals surface area contributed by atoms with Crippen molar-refractivity contribution in [3.05, 3.63) is 63.5 Å². The van der Waals surface area contributed by atoms with Gasteiger partial charge in [0.05, 0.1) is 12.2 Å². The van der Waals surface area contributed by atoms with E-state index in [9.17, 15) is 13.2 Å². The highest BCUT2D eigenvalue weighted by Crippen LogP contribution is 2.23. The Morgan fingerprint density at radius 3 is 2.42 bits per heavy atom. The molecular weight excluding hydrogens is 671 g/mol. The number of halogens is 3. The highest BCUT2D eigenvalue weighted by Gasteiger charge is 2.14. The quantitative estimate of drug-likeness (QED) is 0.196. The van der Waals surface area contributed by atoms with Gasteiger partial charge in [0.25, 0.3) is 0 Å². The second kappa shape index (κ2) is 9.09. The smallest absolute Gasteiger partial charge is 0.339 e. The zero-order chi connectivity index (χ0) is 17.7. The fourth-order valence-corrected chi connectivity index (χ4v) is 5.09. The molecule has 5 nitrogen and oxygen atoms in total. The summed E-state index contributed by atoms with van der Waals surface area (Å²) in [6, 6.07) is 11.6. The Balaban J connectivity index is 1.92. The van der Waals surface area contributed by atoms with Crippen LogP contribution in [-0.2, 0) is 14.8 Å². The topological polar surface area (TPSA) is 74.5 Å². The van der Waals surface area contributed by atoms with Gasteiger partial charge >= 0.3 is 5.97 Å². The van der Waals surface area contributed by atoms with Gasteiger partial charge in [0, 0.05) is 15.6 Å². The van der Waals surface area contributed by atoms with Crippen molar-refractivity contribution in [2.45, 2.75) is 4.90 Å². The predicted molar refractivity (Wildman–Crippen MR) is 117 cm³/mol. The number of nitrogens with zero attached hydrogens (tertiary/aromatic N) is 1. The number of carbonyl (C=O) groups is 1. The number of carbonyl (C=O) groups excluding carboxylic acids is 1. The van der Waals surface area contributed by atoms with Crippen molar-refractivity contribution in [1.82, 2.24) is 0 Å². The molecule has 0 saturated heterocycles. The monoisotopic (exact) mass is 682 g/mol. The van der Waals surface area contributed by atoms with Crippen molar-refractivity contribution in [3.63, 3.8) is 0 Å². The zero-order valence-corrected chi connectivity index (χ0v) is 19.4. The molecule has 0 spiro atoms. The summed E-state index contributed by atoms with van der Waals surface area (Å²) in [7, 11) is -3.71. The van der Waals surface area contributed by atoms with Crippen LogP contribution < -0.4 is 0 Å². The lowest BCUT2D eigenvalue weighted by atomic mass is 10.2. The van der Waals surface area contributed by atoms with Crippen LogP contribution in [0.2, 0.25) is 0 Å². The summed E-state index contributed by atoms with van der Waals surface area (Å²) in [6.45, 7) is -0.205. The minimum Gasteiger partial charge on any atom is -0.542 e. The maximum absolute atomic E-state index is 12.1. The fraction of sp³-hybridized carbons (Fsp3) is 0.133. The van der Waals surface area contributed by atoms with Crippen molar-refractivity contribution in [1.29, 1.82) is 0 Å². The predicted octanol–water partition coefficient (Wildman–Crippen LogP) is 4.42. The number of ether oxygens (including phenoxy) is 1. The molecule has 0 fully saturated rings. The van der Waals surface area contributed by atoms with E-state index in [0.717, 1.165) is 10.7 Å². The van der Waals surface area contributed by atoms with Crippen LogP contribution in [0.1, 0.15) is 10.4 Å². The van der Waals surface area contributed by atoms with Gasteiger partial charge in [-0.2, -0.15) is 0 Å². The van der Waals surface area contributed by atoms with Crippen LogP contribution in [0.25, 0.3) is 4.72 Å². The van der Waals surface area contributed by atoms with Gasteiger partial charge in [0.15, 0.2) is 0 Å². The Hall–Kier alpha value is 0.0100. The van der Waals surface area contributed by atoms with E-state index in [0.29, 0.717) is 5.56 Å². The van der Waals surface area contributed by atoms with Crippen LogP contribution in [-0.4, -0.2) is 27.5 Å². The average Bonchev–Trinajstić information content (AvgIpc) is 2.55. The summed E-state index contributed by atoms with van der Waals surface area (Å²) in [5, 5.41) is 0. The molecule has 0 atom stereocenters. The number of esters is 1. The van der Waals surface area contributed by atoms with Crippen LogP contribution in [0.4, 0.5) is 0 Å². The molecule has 24 heavy (non-hydrogen) atoms. The molecule has 0 bridgehead atoms. The molecule has 9 heteroatoms. The third kappa shape index (κ3) is 5.51. The number of sulfonamides is 1. The first-order chi connectivity index (χ1) is 11.3. The van der Waals surface area contributed by atoms with E-state index < -0.39 is 16.0 Å². The fourth-order valence-electron chi connectivity index (χ4n) is 1.75. The summed E-state index contributed by atoms with van der Waals surface area (Å²) in [5.41, 5.74) is 0.470. The van der Waals surface area contributed by atoms with Gasteiger partial charge < -0.3 is 9.46 Å². The first kappa shape index (κ1) is 20.3. The van der Waals surface area contributed by atoms with E-state index in [2.05, 4.69) is 72.5 Å². The van der Waals surface area contributed by atoms with E-state index in [1.54, 1.807) is 24.3 Å². The number of hydrogen-bond acceptors (Lipinski definition) is 4. The Morgan fingerprint density at radius 2 is 1.75 bits per heavy atom. The molecule has 0 heterocycles. The zero-order valence-electron chi connectivity index (χ0n) is 12.1. The van der Waals surface area contributed by atoms with Gasteiger partial charge in [-0.1, -0.05) is 18.2 Å². The Kier molecular flexibility index (Phi) is 7.70. The first-order valence-corrected chi connectivity index (χ1v) is 11.3. The van der Waals surface area contributed by atoms with Gasteiger partial charge in [-0.3, -0.25) is 0 Å². The van der Waals surface area contributed by atoms with Crippen LogP contribution in [0, 0.1) is 10.7 Å². The maximum Gasteiger partial charge on any atom is 0.339 e. The molecule has 0 N–H and O–H groups in total. The molecule has 0 aliphatic rings. The molecule has 2 aromatic rings. The Morgan fingerprint density at radius 1 is 1.08 bits per heavy atom. The summed E-state index contributed by atoms with van der Waals surface area (Å²) in [4.78, 5) is 12.3. The lowest BCUT2D eigenvalue weighted by Crippen LogP contribution is -2.13. The summed E-state index contributed by atoms with van der Waals surface area (Å²) < 4.78 is 35.4. The Labute approximate surface area is 181 Å². The van der Waals surface area contributed by atoms with Gasteiger partial charge in [0.2, 0.25) is 0 Å². The lowest BCUT2D eigenvalue weighted by molar-refractivity contribution is 0.0521. The van der Waals surface area contributed by atoms with E-state index >= 15 is 0 Å². The Bertz CT molecular complexity index is 841. The van der Waals surface area contributed by atoms with Crippen LogP contribution >= 0.6 is 67.8 Å². The molecule has 0 aliphatic carbocycles. The second-order valence-electron chi connectivity index (χ2n) is 4.53. The highest BCUT2D eigenvalue weighted by molar-refractivity contribution is 14.1. The summed E-state index contributed by atoms with van der Waals surface area (Å²) >= 11 is 6.37. The third-order valence-corrected chi connectivity index (χ3v) is 7.90. The average molecular weight is 682 g/mol. The molecule has 0 unspecified atom stereocenters. The van der Waals surface area contributed by atoms with Crippen molar-refractivity contribution in [2.24, 2.45) is 0 Å². The summed E-state index contributed by atoms with van der Waals surface area (Å²) in [6.07, 6.45) is 0. The highest BCUT2D eigenvalue weighted by atomic mass is 127. The minimum absolute atomic E-state index is 0.0942. The van der Waals surface area contributed by atoms with E-state index in [1.807, 2.05) is 6.07 Å². The van der Waals surface area contributed by atoms with E-state index in [-0.39, 0.29) is 18.0 Å². The van der Waals surface area contributed by atoms with Crippen LogP contribution in [0.3, 0.4) is 0 Å². The summed E-state index contributed by atoms with van der Waals surface area (Å²) in [5.74, 6) is -0.483. The van der Waals surface area contributed by atoms with Crippen LogP contribution in [0.5, 0.6) is 0 Å². The maximum atomic E-state index is 12.1. The molecule has 0 amide bonds. The SMILES string of the molecule is O=C(OCC[N-]S(=O)(=O)c1ccccc1)c1cc(I)cc(I)c1I. The van der Waals surface area contributed by atoms with E-state index in [1.165, 1.54) is 12.1 Å². The molecule has 0 aromatic heterocycles. The molecular formula is C15H11I3NO4S-. The number of rotatable bonds is 6. The molecule has 2 aromatic carbocycles. The molecule has 0 radical (unpaired) electrons. The van der Waals surface area contributed by atoms with Gasteiger partial charge in [-0.15, -0.1) is 6.54 Å². The number of benzene rings is 2. The molecule has 128 valence electrons. The van der Waals surface area contributed by atoms with E-state index in [4.69, 9.17) is 4.74 Å². The molecule has 2 rings (SSSR count). The first-order valence-electron chi connectivity index (χ1n) is 6.62. The third-order valence-electron chi connectivity index (χ3n) is 2.84. The van der Waals surface area contributed by atoms with Gasteiger partial charge in [-0.05, 0) is 92.0 Å².